The second kappa shape index (κ2) is 26.7. The van der Waals surface area contributed by atoms with Crippen LogP contribution in [0.15, 0.2) is 139 Å². The third-order valence-electron chi connectivity index (χ3n) is 14.0. The van der Waals surface area contributed by atoms with Crippen LogP contribution in [0.1, 0.15) is 72.6 Å². The highest BCUT2D eigenvalue weighted by Crippen LogP contribution is 2.48. The number of methoxy groups -OCH3 is 2. The maximum absolute atomic E-state index is 13.3. The van der Waals surface area contributed by atoms with Crippen molar-refractivity contribution in [3.05, 3.63) is 167 Å². The Bertz CT molecular complexity index is 3770. The van der Waals surface area contributed by atoms with Gasteiger partial charge in [-0.1, -0.05) is 86.6 Å². The van der Waals surface area contributed by atoms with Crippen molar-refractivity contribution in [3.8, 4) is 17.6 Å². The van der Waals surface area contributed by atoms with E-state index in [-0.39, 0.29) is 48.3 Å². The van der Waals surface area contributed by atoms with Crippen LogP contribution in [-0.2, 0) is 64.3 Å². The van der Waals surface area contributed by atoms with Crippen molar-refractivity contribution in [2.75, 3.05) is 38.1 Å². The van der Waals surface area contributed by atoms with E-state index < -0.39 is 94.1 Å². The second-order valence-electron chi connectivity index (χ2n) is 19.8. The van der Waals surface area contributed by atoms with Gasteiger partial charge in [0.25, 0.3) is 11.5 Å². The van der Waals surface area contributed by atoms with E-state index in [1.165, 1.54) is 17.2 Å². The van der Waals surface area contributed by atoms with Gasteiger partial charge in [0.1, 0.15) is 53.3 Å². The molecule has 0 bridgehead atoms. The van der Waals surface area contributed by atoms with Gasteiger partial charge in [0.15, 0.2) is 17.4 Å². The number of rotatable bonds is 25. The van der Waals surface area contributed by atoms with Crippen LogP contribution in [0.25, 0.3) is 22.2 Å². The lowest BCUT2D eigenvalue weighted by Gasteiger charge is -2.37. The van der Waals surface area contributed by atoms with Crippen molar-refractivity contribution in [2.24, 2.45) is 5.92 Å². The van der Waals surface area contributed by atoms with Crippen LogP contribution in [0, 0.1) is 17.2 Å². The number of H-pyrrole nitrogens is 1. The van der Waals surface area contributed by atoms with E-state index in [1.54, 1.807) is 69.2 Å². The molecule has 3 unspecified atom stereocenters. The molecule has 10 rings (SSSR count). The van der Waals surface area contributed by atoms with Gasteiger partial charge in [-0.3, -0.25) is 33.8 Å². The Morgan fingerprint density at radius 2 is 1.54 bits per heavy atom. The number of nitriles is 1. The van der Waals surface area contributed by atoms with E-state index >= 15 is 0 Å². The molecule has 4 aromatic carbocycles. The van der Waals surface area contributed by atoms with Gasteiger partial charge in [0, 0.05) is 30.5 Å². The van der Waals surface area contributed by atoms with E-state index in [4.69, 9.17) is 58.8 Å². The summed E-state index contributed by atoms with van der Waals surface area (Å²) < 4.78 is 69.6. The summed E-state index contributed by atoms with van der Waals surface area (Å²) in [4.78, 5) is 85.6. The minimum absolute atomic E-state index is 0.0414. The highest BCUT2D eigenvalue weighted by molar-refractivity contribution is 8.07. The first-order valence-corrected chi connectivity index (χ1v) is 30.4. The van der Waals surface area contributed by atoms with Gasteiger partial charge in [-0.25, -0.2) is 15.0 Å². The van der Waals surface area contributed by atoms with Gasteiger partial charge >= 0.3 is 15.0 Å². The number of hydrogen-bond donors (Lipinski definition) is 5. The molecule has 26 nitrogen and oxygen atoms in total. The SMILES string of the molecule is COc1ccc(C(OC[C@H]2O[C@@H](n3ccc4c(NC(=O)c5ccccc5)ncnc43)C[C@@H]2OC(CC#N)OOP(O)(=S)OC[C@@H]2C[C@@H](O[PH](=O)O)[C@H](n3cnc4c(=O)[nH]c(NC(=O)C(C)C)nc43)O2)(c2ccccc2)c2ccc(OC)cc2)cc1. The molecule has 444 valence electrons. The number of aromatic amines is 1. The van der Waals surface area contributed by atoms with Crippen molar-refractivity contribution < 1.29 is 71.0 Å². The lowest BCUT2D eigenvalue weighted by molar-refractivity contribution is -0.335. The van der Waals surface area contributed by atoms with Crippen molar-refractivity contribution in [1.29, 1.82) is 5.26 Å². The number of hydrogen-bond acceptors (Lipinski definition) is 20. The van der Waals surface area contributed by atoms with Crippen LogP contribution in [0.2, 0.25) is 0 Å². The summed E-state index contributed by atoms with van der Waals surface area (Å²) in [6, 6.07) is 37.1. The summed E-state index contributed by atoms with van der Waals surface area (Å²) >= 11 is 5.36. The Hall–Kier alpha value is -7.64. The summed E-state index contributed by atoms with van der Waals surface area (Å²) in [6.07, 6.45) is -3.75. The largest absolute Gasteiger partial charge is 0.497 e. The fraction of sp³-hybridized carbons (Fsp3) is 0.321. The predicted octanol–water partition coefficient (Wildman–Crippen LogP) is 7.59. The summed E-state index contributed by atoms with van der Waals surface area (Å²) in [5, 5.41) is 16.1. The zero-order chi connectivity index (χ0) is 59.8. The van der Waals surface area contributed by atoms with Gasteiger partial charge in [-0.2, -0.15) is 15.1 Å². The molecular weight excluding hydrogens is 1160 g/mol. The number of carbonyl (C=O) groups is 2. The van der Waals surface area contributed by atoms with Crippen LogP contribution in [0.3, 0.4) is 0 Å². The second-order valence-corrected chi connectivity index (χ2v) is 23.3. The molecule has 0 saturated carbocycles. The van der Waals surface area contributed by atoms with Crippen LogP contribution >= 0.6 is 15.0 Å². The lowest BCUT2D eigenvalue weighted by Crippen LogP contribution is -2.39. The molecule has 6 heterocycles. The molecule has 2 aliphatic heterocycles. The smallest absolute Gasteiger partial charge is 0.353 e. The van der Waals surface area contributed by atoms with Gasteiger partial charge in [-0.15, -0.1) is 4.67 Å². The number of nitrogens with zero attached hydrogens (tertiary/aromatic N) is 7. The molecule has 8 aromatic rings. The van der Waals surface area contributed by atoms with Gasteiger partial charge in [-0.05, 0) is 71.0 Å². The molecule has 29 heteroatoms. The average molecular weight is 1220 g/mol. The third kappa shape index (κ3) is 13.7. The maximum Gasteiger partial charge on any atom is 0.353 e. The molecule has 2 amide bonds. The Morgan fingerprint density at radius 1 is 0.871 bits per heavy atom. The molecule has 0 spiro atoms. The van der Waals surface area contributed by atoms with Crippen molar-refractivity contribution in [1.82, 2.24) is 34.1 Å². The maximum atomic E-state index is 13.3. The van der Waals surface area contributed by atoms with Crippen LogP contribution in [0.4, 0.5) is 11.8 Å². The van der Waals surface area contributed by atoms with Gasteiger partial charge < -0.3 is 57.1 Å². The monoisotopic (exact) mass is 1220 g/mol. The first kappa shape index (κ1) is 60.5. The van der Waals surface area contributed by atoms with Gasteiger partial charge in [0.05, 0.1) is 63.8 Å². The fourth-order valence-corrected chi connectivity index (χ4v) is 11.3. The van der Waals surface area contributed by atoms with E-state index in [0.29, 0.717) is 28.1 Å². The molecule has 4 aromatic heterocycles. The number of carbonyl (C=O) groups excluding carboxylic acids is 2. The summed E-state index contributed by atoms with van der Waals surface area (Å²) in [5.41, 5.74) is 0.928. The van der Waals surface area contributed by atoms with Crippen LogP contribution in [0.5, 0.6) is 11.5 Å². The topological polar surface area (TPSA) is 326 Å². The predicted molar refractivity (Wildman–Crippen MR) is 308 cm³/mol. The Balaban J connectivity index is 0.904. The summed E-state index contributed by atoms with van der Waals surface area (Å²) in [7, 11) is -0.418. The molecule has 2 aliphatic rings. The number of nitrogens with one attached hydrogen (secondary N) is 3. The standard InChI is InChI=1S/C56H58N10O16P2S/c1-33(2)51(67)63-55-62-50-47(53(69)64-55)60-32-66(50)54-43(81-83(70)71)27-40(77-54)29-76-84(72,85)82-80-46(23-25-57)79-42-28-45(65-26-24-41-48(58-31-59-49(41)65)61-52(68)34-11-7-5-8-12-34)78-44(42)30-75-56(35-13-9-6-10-14-35,36-15-19-38(73-3)20-16-36)37-17-21-39(74-4)22-18-37/h5-22,24,26,31-33,40,42-46,54,83H,23,27-30H2,1-4H3,(H,70,71)(H,72,85)(H,58,59,61,68)(H2,62,63,64,67,69)/t40-,42-,43+,44+,45+,46?,54+,84?/m0/s1. The molecule has 9 atom stereocenters. The fourth-order valence-electron chi connectivity index (χ4n) is 9.93. The summed E-state index contributed by atoms with van der Waals surface area (Å²) in [5.74, 6) is 0.0874. The Kier molecular flexibility index (Phi) is 19.0. The molecule has 0 aliphatic carbocycles. The molecular formula is C56H58N10O16P2S. The first-order valence-electron chi connectivity index (χ1n) is 26.6. The zero-order valence-corrected chi connectivity index (χ0v) is 48.7. The van der Waals surface area contributed by atoms with Crippen molar-refractivity contribution in [3.63, 3.8) is 0 Å². The van der Waals surface area contributed by atoms with E-state index in [9.17, 15) is 34.0 Å². The van der Waals surface area contributed by atoms with Crippen LogP contribution in [-0.4, -0.2) is 114 Å². The van der Waals surface area contributed by atoms with E-state index in [2.05, 4.69) is 35.6 Å². The van der Waals surface area contributed by atoms with Gasteiger partial charge in [0.2, 0.25) is 18.1 Å². The molecule has 2 saturated heterocycles. The number of imidazole rings is 1. The Labute approximate surface area is 491 Å². The molecule has 0 radical (unpaired) electrons. The van der Waals surface area contributed by atoms with Crippen LogP contribution < -0.4 is 25.7 Å². The number of ether oxygens (including phenoxy) is 6. The van der Waals surface area contributed by atoms with E-state index in [1.807, 2.05) is 91.0 Å². The van der Waals surface area contributed by atoms with Crippen molar-refractivity contribution in [2.45, 2.75) is 81.9 Å². The molecule has 2 fully saturated rings. The number of benzene rings is 4. The third-order valence-corrected chi connectivity index (χ3v) is 15.8. The van der Waals surface area contributed by atoms with Crippen molar-refractivity contribution >= 4 is 72.6 Å². The lowest BCUT2D eigenvalue weighted by atomic mass is 9.80. The number of aromatic nitrogens is 7. The highest BCUT2D eigenvalue weighted by Gasteiger charge is 2.45. The minimum Gasteiger partial charge on any atom is -0.497 e. The summed E-state index contributed by atoms with van der Waals surface area (Å²) in [6.45, 7) is -1.71. The first-order chi connectivity index (χ1) is 41.1. The normalized spacial score (nSPS) is 20.2. The number of amides is 2. The average Bonchev–Trinajstić information content (AvgIpc) is 4.20. The highest BCUT2D eigenvalue weighted by atomic mass is 32.5. The molecule has 5 N–H and O–H groups in total. The molecule has 85 heavy (non-hydrogen) atoms. The van der Waals surface area contributed by atoms with E-state index in [0.717, 1.165) is 16.7 Å². The Morgan fingerprint density at radius 3 is 2.19 bits per heavy atom. The zero-order valence-electron chi connectivity index (χ0n) is 46.0. The minimum atomic E-state index is -4.39. The quantitative estimate of drug-likeness (QED) is 0.0121. The number of fused-ring (bicyclic) bond motifs is 2. The number of anilines is 2.